The molecule has 2 aromatic rings. The van der Waals surface area contributed by atoms with E-state index in [1.54, 1.807) is 25.3 Å². The Morgan fingerprint density at radius 3 is 2.52 bits per heavy atom. The summed E-state index contributed by atoms with van der Waals surface area (Å²) in [5.41, 5.74) is 1.00. The number of methoxy groups -OCH3 is 1. The van der Waals surface area contributed by atoms with Crippen molar-refractivity contribution in [3.05, 3.63) is 58.1 Å². The Morgan fingerprint density at radius 2 is 1.87 bits per heavy atom. The van der Waals surface area contributed by atoms with Crippen LogP contribution >= 0.6 is 23.2 Å². The first kappa shape index (κ1) is 16.8. The van der Waals surface area contributed by atoms with Crippen LogP contribution in [0.1, 0.15) is 18.1 Å². The fourth-order valence-electron chi connectivity index (χ4n) is 2.67. The van der Waals surface area contributed by atoms with E-state index in [0.29, 0.717) is 21.5 Å². The summed E-state index contributed by atoms with van der Waals surface area (Å²) in [6.45, 7) is 0.592. The lowest BCUT2D eigenvalue weighted by Crippen LogP contribution is -2.19. The molecular formula is C17H16Cl2O3S. The molecule has 1 fully saturated rings. The van der Waals surface area contributed by atoms with Gasteiger partial charge in [0.25, 0.3) is 0 Å². The molecule has 3 rings (SSSR count). The first-order valence-electron chi connectivity index (χ1n) is 7.21. The van der Waals surface area contributed by atoms with Crippen molar-refractivity contribution in [2.45, 2.75) is 22.7 Å². The average Bonchev–Trinajstić information content (AvgIpc) is 3.06. The van der Waals surface area contributed by atoms with Crippen LogP contribution in [0.2, 0.25) is 10.0 Å². The van der Waals surface area contributed by atoms with E-state index in [9.17, 15) is 4.21 Å². The summed E-state index contributed by atoms with van der Waals surface area (Å²) in [5, 5.41) is 0.764. The summed E-state index contributed by atoms with van der Waals surface area (Å²) < 4.78 is 23.9. The lowest BCUT2D eigenvalue weighted by Gasteiger charge is -2.19. The Hall–Kier alpha value is -1.07. The highest BCUT2D eigenvalue weighted by atomic mass is 35.5. The van der Waals surface area contributed by atoms with Crippen molar-refractivity contribution in [2.24, 2.45) is 0 Å². The molecule has 0 radical (unpaired) electrons. The van der Waals surface area contributed by atoms with Gasteiger partial charge in [-0.1, -0.05) is 35.3 Å². The van der Waals surface area contributed by atoms with Crippen LogP contribution in [0.15, 0.2) is 47.4 Å². The molecule has 2 aromatic carbocycles. The Balaban J connectivity index is 1.85. The van der Waals surface area contributed by atoms with Crippen molar-refractivity contribution < 1.29 is 13.7 Å². The highest BCUT2D eigenvalue weighted by Crippen LogP contribution is 2.36. The normalized spacial score (nSPS) is 22.0. The second kappa shape index (κ2) is 7.22. The first-order valence-corrected chi connectivity index (χ1v) is 9.18. The van der Waals surface area contributed by atoms with Crippen LogP contribution in [0.3, 0.4) is 0 Å². The van der Waals surface area contributed by atoms with Crippen LogP contribution in [0.4, 0.5) is 0 Å². The molecule has 1 aliphatic rings. The highest BCUT2D eigenvalue weighted by molar-refractivity contribution is 7.85. The lowest BCUT2D eigenvalue weighted by atomic mass is 10.1. The van der Waals surface area contributed by atoms with Gasteiger partial charge >= 0.3 is 0 Å². The third-order valence-corrected chi connectivity index (χ3v) is 6.37. The van der Waals surface area contributed by atoms with Crippen molar-refractivity contribution in [1.82, 2.24) is 0 Å². The summed E-state index contributed by atoms with van der Waals surface area (Å²) in [5.74, 6) is 0.786. The number of hydrogen-bond acceptors (Lipinski definition) is 3. The fourth-order valence-corrected chi connectivity index (χ4v) is 4.59. The van der Waals surface area contributed by atoms with Crippen molar-refractivity contribution in [3.8, 4) is 5.75 Å². The van der Waals surface area contributed by atoms with Crippen LogP contribution < -0.4 is 4.74 Å². The quantitative estimate of drug-likeness (QED) is 0.786. The molecule has 122 valence electrons. The second-order valence-corrected chi connectivity index (χ2v) is 7.75. The van der Waals surface area contributed by atoms with Gasteiger partial charge in [0.2, 0.25) is 0 Å². The van der Waals surface area contributed by atoms with Gasteiger partial charge in [-0.3, -0.25) is 4.21 Å². The van der Waals surface area contributed by atoms with Gasteiger partial charge in [0.05, 0.1) is 39.3 Å². The number of rotatable bonds is 4. The minimum absolute atomic E-state index is 0.111. The Kier molecular flexibility index (Phi) is 5.27. The Bertz CT molecular complexity index is 718. The van der Waals surface area contributed by atoms with E-state index < -0.39 is 10.8 Å². The standard InChI is InChI=1S/C17H16Cl2O3S/c1-21-12-4-2-11(3-5-12)17-16(8-9-22-17)23(20)13-6-7-14(18)15(19)10-13/h2-7,10,16-17H,8-9H2,1H3/t16-,17+,23-/m1/s1. The molecule has 1 saturated heterocycles. The smallest absolute Gasteiger partial charge is 0.118 e. The van der Waals surface area contributed by atoms with Gasteiger partial charge < -0.3 is 9.47 Å². The minimum atomic E-state index is -1.21. The number of hydrogen-bond donors (Lipinski definition) is 0. The maximum Gasteiger partial charge on any atom is 0.118 e. The maximum absolute atomic E-state index is 12.9. The SMILES string of the molecule is COc1ccc([C@@H]2OCC[C@H]2[S@](=O)c2ccc(Cl)c(Cl)c2)cc1. The summed E-state index contributed by atoms with van der Waals surface area (Å²) in [6.07, 6.45) is 0.542. The number of ether oxygens (including phenoxy) is 2. The zero-order valence-corrected chi connectivity index (χ0v) is 14.8. The third kappa shape index (κ3) is 3.56. The van der Waals surface area contributed by atoms with Crippen molar-refractivity contribution >= 4 is 34.0 Å². The molecule has 1 heterocycles. The van der Waals surface area contributed by atoms with Gasteiger partial charge in [-0.15, -0.1) is 0 Å². The second-order valence-electron chi connectivity index (χ2n) is 5.27. The molecule has 0 aliphatic carbocycles. The van der Waals surface area contributed by atoms with Gasteiger partial charge in [0, 0.05) is 11.5 Å². The van der Waals surface area contributed by atoms with Crippen LogP contribution in [0, 0.1) is 0 Å². The molecule has 1 aliphatic heterocycles. The van der Waals surface area contributed by atoms with Crippen LogP contribution in [0.5, 0.6) is 5.75 Å². The summed E-state index contributed by atoms with van der Waals surface area (Å²) >= 11 is 12.0. The van der Waals surface area contributed by atoms with Crippen LogP contribution in [-0.2, 0) is 15.5 Å². The molecule has 0 unspecified atom stereocenters. The maximum atomic E-state index is 12.9. The molecule has 0 N–H and O–H groups in total. The van der Waals surface area contributed by atoms with Gasteiger partial charge in [-0.25, -0.2) is 0 Å². The first-order chi connectivity index (χ1) is 11.1. The average molecular weight is 371 g/mol. The van der Waals surface area contributed by atoms with Crippen molar-refractivity contribution in [2.75, 3.05) is 13.7 Å². The molecule has 3 atom stereocenters. The van der Waals surface area contributed by atoms with E-state index in [1.165, 1.54) is 0 Å². The molecular weight excluding hydrogens is 355 g/mol. The molecule has 0 bridgehead atoms. The zero-order valence-electron chi connectivity index (χ0n) is 12.5. The van der Waals surface area contributed by atoms with Crippen molar-refractivity contribution in [3.63, 3.8) is 0 Å². The topological polar surface area (TPSA) is 35.5 Å². The fraction of sp³-hybridized carbons (Fsp3) is 0.294. The molecule has 3 nitrogen and oxygen atoms in total. The van der Waals surface area contributed by atoms with E-state index in [4.69, 9.17) is 32.7 Å². The molecule has 6 heteroatoms. The zero-order chi connectivity index (χ0) is 16.4. The third-order valence-electron chi connectivity index (χ3n) is 3.88. The van der Waals surface area contributed by atoms with E-state index in [0.717, 1.165) is 17.7 Å². The van der Waals surface area contributed by atoms with E-state index >= 15 is 0 Å². The van der Waals surface area contributed by atoms with E-state index in [2.05, 4.69) is 0 Å². The predicted octanol–water partition coefficient (Wildman–Crippen LogP) is 4.64. The van der Waals surface area contributed by atoms with Gasteiger partial charge in [-0.2, -0.15) is 0 Å². The molecule has 0 saturated carbocycles. The molecule has 0 aromatic heterocycles. The molecule has 0 amide bonds. The van der Waals surface area contributed by atoms with Crippen LogP contribution in [0.25, 0.3) is 0 Å². The summed E-state index contributed by atoms with van der Waals surface area (Å²) in [6, 6.07) is 12.8. The highest BCUT2D eigenvalue weighted by Gasteiger charge is 2.35. The van der Waals surface area contributed by atoms with E-state index in [-0.39, 0.29) is 11.4 Å². The van der Waals surface area contributed by atoms with Crippen LogP contribution in [-0.4, -0.2) is 23.2 Å². The Labute approximate surface area is 148 Å². The molecule has 0 spiro atoms. The minimum Gasteiger partial charge on any atom is -0.497 e. The lowest BCUT2D eigenvalue weighted by molar-refractivity contribution is 0.113. The van der Waals surface area contributed by atoms with Crippen molar-refractivity contribution in [1.29, 1.82) is 0 Å². The van der Waals surface area contributed by atoms with Gasteiger partial charge in [-0.05, 0) is 42.3 Å². The number of halogens is 2. The van der Waals surface area contributed by atoms with E-state index in [1.807, 2.05) is 24.3 Å². The molecule has 23 heavy (non-hydrogen) atoms. The van der Waals surface area contributed by atoms with Gasteiger partial charge in [0.15, 0.2) is 0 Å². The largest absolute Gasteiger partial charge is 0.497 e. The summed E-state index contributed by atoms with van der Waals surface area (Å²) in [7, 11) is 0.414. The predicted molar refractivity (Wildman–Crippen MR) is 93.0 cm³/mol. The Morgan fingerprint density at radius 1 is 1.13 bits per heavy atom. The number of benzene rings is 2. The summed E-state index contributed by atoms with van der Waals surface area (Å²) in [4.78, 5) is 0.674. The van der Waals surface area contributed by atoms with Gasteiger partial charge in [0.1, 0.15) is 5.75 Å². The monoisotopic (exact) mass is 370 g/mol.